The zero-order chi connectivity index (χ0) is 14.7. The minimum absolute atomic E-state index is 0.212. The van der Waals surface area contributed by atoms with Crippen molar-refractivity contribution in [2.45, 2.75) is 25.9 Å². The molecule has 0 aliphatic carbocycles. The van der Waals surface area contributed by atoms with E-state index in [2.05, 4.69) is 0 Å². The summed E-state index contributed by atoms with van der Waals surface area (Å²) in [4.78, 5) is 0. The Hall–Kier alpha value is -1.81. The summed E-state index contributed by atoms with van der Waals surface area (Å²) in [6, 6.07) is 9.62. The van der Waals surface area contributed by atoms with Crippen molar-refractivity contribution in [1.29, 1.82) is 0 Å². The highest BCUT2D eigenvalue weighted by Crippen LogP contribution is 2.25. The Morgan fingerprint density at radius 2 is 1.80 bits per heavy atom. The van der Waals surface area contributed by atoms with Gasteiger partial charge in [0.2, 0.25) is 0 Å². The Balaban J connectivity index is 2.09. The van der Waals surface area contributed by atoms with Crippen LogP contribution in [0.3, 0.4) is 0 Å². The van der Waals surface area contributed by atoms with Crippen LogP contribution in [0.4, 0.5) is 13.2 Å². The second-order valence-electron chi connectivity index (χ2n) is 4.81. The first kappa shape index (κ1) is 14.6. The van der Waals surface area contributed by atoms with Crippen LogP contribution in [-0.4, -0.2) is 5.11 Å². The van der Waals surface area contributed by atoms with Gasteiger partial charge in [-0.15, -0.1) is 0 Å². The van der Waals surface area contributed by atoms with Gasteiger partial charge in [0.25, 0.3) is 0 Å². The summed E-state index contributed by atoms with van der Waals surface area (Å²) in [5.41, 5.74) is 1.89. The molecule has 106 valence electrons. The second-order valence-corrected chi connectivity index (χ2v) is 4.81. The van der Waals surface area contributed by atoms with Gasteiger partial charge in [0.15, 0.2) is 17.5 Å². The highest BCUT2D eigenvalue weighted by atomic mass is 19.2. The van der Waals surface area contributed by atoms with E-state index >= 15 is 0 Å². The normalized spacial score (nSPS) is 12.4. The van der Waals surface area contributed by atoms with Crippen molar-refractivity contribution in [3.8, 4) is 0 Å². The lowest BCUT2D eigenvalue weighted by atomic mass is 10.00. The summed E-state index contributed by atoms with van der Waals surface area (Å²) in [6.45, 7) is 1.95. The van der Waals surface area contributed by atoms with Gasteiger partial charge in [-0.3, -0.25) is 0 Å². The molecule has 1 atom stereocenters. The molecule has 20 heavy (non-hydrogen) atoms. The average Bonchev–Trinajstić information content (AvgIpc) is 2.42. The van der Waals surface area contributed by atoms with Crippen LogP contribution in [0.15, 0.2) is 36.4 Å². The fraction of sp³-hybridized carbons (Fsp3) is 0.250. The number of benzene rings is 2. The molecule has 0 heterocycles. The summed E-state index contributed by atoms with van der Waals surface area (Å²) in [5.74, 6) is -4.11. The summed E-state index contributed by atoms with van der Waals surface area (Å²) >= 11 is 0. The van der Waals surface area contributed by atoms with E-state index < -0.39 is 23.6 Å². The van der Waals surface area contributed by atoms with Crippen LogP contribution in [0.5, 0.6) is 0 Å². The largest absolute Gasteiger partial charge is 0.388 e. The standard InChI is InChI=1S/C16H15F3O/c1-10-3-2-4-11(9-10)5-8-14(20)12-6-7-13(17)16(19)15(12)18/h2-4,6-7,9,14,20H,5,8H2,1H3. The molecule has 0 aromatic heterocycles. The van der Waals surface area contributed by atoms with Gasteiger partial charge in [-0.05, 0) is 31.4 Å². The van der Waals surface area contributed by atoms with Crippen LogP contribution < -0.4 is 0 Å². The lowest BCUT2D eigenvalue weighted by molar-refractivity contribution is 0.161. The summed E-state index contributed by atoms with van der Waals surface area (Å²) in [7, 11) is 0. The SMILES string of the molecule is Cc1cccc(CCC(O)c2ccc(F)c(F)c2F)c1. The first-order valence-corrected chi connectivity index (χ1v) is 6.36. The molecule has 0 aliphatic rings. The van der Waals surface area contributed by atoms with Gasteiger partial charge >= 0.3 is 0 Å². The number of aliphatic hydroxyl groups is 1. The molecule has 0 spiro atoms. The Bertz CT molecular complexity index is 611. The monoisotopic (exact) mass is 280 g/mol. The average molecular weight is 280 g/mol. The van der Waals surface area contributed by atoms with Crippen molar-refractivity contribution in [2.75, 3.05) is 0 Å². The molecule has 0 radical (unpaired) electrons. The highest BCUT2D eigenvalue weighted by molar-refractivity contribution is 5.25. The van der Waals surface area contributed by atoms with E-state index in [0.29, 0.717) is 6.42 Å². The maximum atomic E-state index is 13.5. The third-order valence-corrected chi connectivity index (χ3v) is 3.21. The maximum Gasteiger partial charge on any atom is 0.194 e. The van der Waals surface area contributed by atoms with Gasteiger partial charge in [0.1, 0.15) is 0 Å². The number of aryl methyl sites for hydroxylation is 2. The van der Waals surface area contributed by atoms with Crippen molar-refractivity contribution in [3.63, 3.8) is 0 Å². The molecule has 4 heteroatoms. The van der Waals surface area contributed by atoms with Gasteiger partial charge in [0.05, 0.1) is 6.10 Å². The fourth-order valence-corrected chi connectivity index (χ4v) is 2.12. The number of aliphatic hydroxyl groups excluding tert-OH is 1. The van der Waals surface area contributed by atoms with Crippen LogP contribution in [0.1, 0.15) is 29.2 Å². The lowest BCUT2D eigenvalue weighted by Gasteiger charge is -2.12. The zero-order valence-corrected chi connectivity index (χ0v) is 11.0. The molecular formula is C16H15F3O. The van der Waals surface area contributed by atoms with E-state index in [0.717, 1.165) is 23.3 Å². The van der Waals surface area contributed by atoms with E-state index in [9.17, 15) is 18.3 Å². The first-order chi connectivity index (χ1) is 9.49. The Morgan fingerprint density at radius 3 is 2.50 bits per heavy atom. The topological polar surface area (TPSA) is 20.2 Å². The summed E-state index contributed by atoms with van der Waals surface area (Å²) < 4.78 is 39.5. The molecule has 2 aromatic carbocycles. The van der Waals surface area contributed by atoms with Crippen molar-refractivity contribution < 1.29 is 18.3 Å². The molecule has 1 unspecified atom stereocenters. The van der Waals surface area contributed by atoms with E-state index in [-0.39, 0.29) is 12.0 Å². The molecule has 0 aliphatic heterocycles. The van der Waals surface area contributed by atoms with Crippen LogP contribution >= 0.6 is 0 Å². The van der Waals surface area contributed by atoms with Crippen LogP contribution in [0, 0.1) is 24.4 Å². The maximum absolute atomic E-state index is 13.5. The van der Waals surface area contributed by atoms with E-state index in [1.54, 1.807) is 0 Å². The Kier molecular flexibility index (Phi) is 4.45. The summed E-state index contributed by atoms with van der Waals surface area (Å²) in [6.07, 6.45) is -0.391. The number of hydrogen-bond donors (Lipinski definition) is 1. The van der Waals surface area contributed by atoms with Crippen LogP contribution in [0.2, 0.25) is 0 Å². The van der Waals surface area contributed by atoms with Gasteiger partial charge in [0, 0.05) is 5.56 Å². The fourth-order valence-electron chi connectivity index (χ4n) is 2.12. The number of hydrogen-bond acceptors (Lipinski definition) is 1. The quantitative estimate of drug-likeness (QED) is 0.837. The van der Waals surface area contributed by atoms with Gasteiger partial charge < -0.3 is 5.11 Å². The van der Waals surface area contributed by atoms with Crippen molar-refractivity contribution in [3.05, 3.63) is 70.5 Å². The van der Waals surface area contributed by atoms with Crippen LogP contribution in [-0.2, 0) is 6.42 Å². The predicted octanol–water partition coefficient (Wildman–Crippen LogP) is 4.08. The molecule has 0 saturated heterocycles. The minimum atomic E-state index is -1.54. The Labute approximate surface area is 115 Å². The molecule has 2 rings (SSSR count). The first-order valence-electron chi connectivity index (χ1n) is 6.36. The molecule has 0 fully saturated rings. The molecule has 2 aromatic rings. The van der Waals surface area contributed by atoms with E-state index in [1.807, 2.05) is 31.2 Å². The third-order valence-electron chi connectivity index (χ3n) is 3.21. The molecular weight excluding hydrogens is 265 g/mol. The molecule has 1 nitrogen and oxygen atoms in total. The number of rotatable bonds is 4. The summed E-state index contributed by atoms with van der Waals surface area (Å²) in [5, 5.41) is 9.92. The second kappa shape index (κ2) is 6.09. The smallest absolute Gasteiger partial charge is 0.194 e. The van der Waals surface area contributed by atoms with E-state index in [1.165, 1.54) is 0 Å². The molecule has 0 bridgehead atoms. The van der Waals surface area contributed by atoms with Crippen molar-refractivity contribution in [1.82, 2.24) is 0 Å². The van der Waals surface area contributed by atoms with Crippen molar-refractivity contribution in [2.24, 2.45) is 0 Å². The van der Waals surface area contributed by atoms with Gasteiger partial charge in [-0.2, -0.15) is 0 Å². The predicted molar refractivity (Wildman–Crippen MR) is 70.8 cm³/mol. The lowest BCUT2D eigenvalue weighted by Crippen LogP contribution is -2.05. The van der Waals surface area contributed by atoms with Gasteiger partial charge in [-0.1, -0.05) is 35.9 Å². The number of halogens is 3. The minimum Gasteiger partial charge on any atom is -0.388 e. The zero-order valence-electron chi connectivity index (χ0n) is 11.0. The third kappa shape index (κ3) is 3.20. The highest BCUT2D eigenvalue weighted by Gasteiger charge is 2.18. The molecule has 0 saturated carbocycles. The van der Waals surface area contributed by atoms with Crippen LogP contribution in [0.25, 0.3) is 0 Å². The Morgan fingerprint density at radius 1 is 1.05 bits per heavy atom. The molecule has 1 N–H and O–H groups in total. The van der Waals surface area contributed by atoms with E-state index in [4.69, 9.17) is 0 Å². The molecule has 0 amide bonds. The van der Waals surface area contributed by atoms with Crippen molar-refractivity contribution >= 4 is 0 Å². The van der Waals surface area contributed by atoms with Gasteiger partial charge in [-0.25, -0.2) is 13.2 Å².